The molecular formula is C15H20N2OS. The van der Waals surface area contributed by atoms with Gasteiger partial charge in [0.25, 0.3) is 0 Å². The molecule has 4 fully saturated rings. The first-order chi connectivity index (χ1) is 9.28. The molecule has 4 aliphatic heterocycles. The second kappa shape index (κ2) is 4.60. The number of carbonyl (C=O) groups is 1. The molecule has 0 saturated carbocycles. The van der Waals surface area contributed by atoms with Gasteiger partial charge in [0.15, 0.2) is 0 Å². The fourth-order valence-corrected chi connectivity index (χ4v) is 4.93. The van der Waals surface area contributed by atoms with Crippen LogP contribution in [0.1, 0.15) is 18.4 Å². The molecule has 0 radical (unpaired) electrons. The van der Waals surface area contributed by atoms with Gasteiger partial charge in [-0.05, 0) is 47.1 Å². The zero-order valence-electron chi connectivity index (χ0n) is 11.1. The minimum Gasteiger partial charge on any atom is -0.338 e. The first kappa shape index (κ1) is 11.9. The Labute approximate surface area is 118 Å². The Bertz CT molecular complexity index is 458. The average molecular weight is 276 g/mol. The van der Waals surface area contributed by atoms with Crippen LogP contribution in [0.3, 0.4) is 0 Å². The van der Waals surface area contributed by atoms with Crippen LogP contribution in [-0.4, -0.2) is 47.9 Å². The Kier molecular flexibility index (Phi) is 2.88. The number of carbonyl (C=O) groups excluding carboxylic acids is 1. The molecule has 0 spiro atoms. The second-order valence-corrected chi connectivity index (χ2v) is 7.21. The lowest BCUT2D eigenvalue weighted by Crippen LogP contribution is -2.50. The quantitative estimate of drug-likeness (QED) is 0.823. The number of nitrogens with zero attached hydrogens (tertiary/aromatic N) is 2. The maximum atomic E-state index is 12.6. The Hall–Kier alpha value is -0.870. The van der Waals surface area contributed by atoms with Crippen LogP contribution < -0.4 is 0 Å². The van der Waals surface area contributed by atoms with Crippen molar-refractivity contribution in [2.24, 2.45) is 11.8 Å². The summed E-state index contributed by atoms with van der Waals surface area (Å²) in [5.41, 5.74) is 1.18. The van der Waals surface area contributed by atoms with E-state index in [9.17, 15) is 4.79 Å². The van der Waals surface area contributed by atoms with Crippen molar-refractivity contribution in [2.75, 3.05) is 26.2 Å². The number of piperidine rings is 2. The maximum absolute atomic E-state index is 12.6. The van der Waals surface area contributed by atoms with E-state index in [1.54, 1.807) is 11.3 Å². The summed E-state index contributed by atoms with van der Waals surface area (Å²) >= 11 is 1.68. The van der Waals surface area contributed by atoms with Crippen LogP contribution in [0.4, 0.5) is 0 Å². The van der Waals surface area contributed by atoms with Crippen molar-refractivity contribution in [3.63, 3.8) is 0 Å². The summed E-state index contributed by atoms with van der Waals surface area (Å²) in [6.45, 7) is 4.61. The molecule has 1 amide bonds. The summed E-state index contributed by atoms with van der Waals surface area (Å²) in [5, 5.41) is 4.16. The van der Waals surface area contributed by atoms with Crippen molar-refractivity contribution >= 4 is 17.2 Å². The Morgan fingerprint density at radius 3 is 2.89 bits per heavy atom. The molecule has 0 aliphatic carbocycles. The van der Waals surface area contributed by atoms with E-state index in [0.29, 0.717) is 18.4 Å². The Morgan fingerprint density at radius 1 is 1.21 bits per heavy atom. The van der Waals surface area contributed by atoms with Gasteiger partial charge in [-0.2, -0.15) is 11.3 Å². The molecule has 19 heavy (non-hydrogen) atoms. The lowest BCUT2D eigenvalue weighted by atomic mass is 9.84. The lowest BCUT2D eigenvalue weighted by Gasteiger charge is -2.41. The number of fused-ring (bicyclic) bond motifs is 1. The first-order valence-electron chi connectivity index (χ1n) is 7.31. The monoisotopic (exact) mass is 276 g/mol. The molecular weight excluding hydrogens is 256 g/mol. The molecule has 4 bridgehead atoms. The number of thiophene rings is 1. The largest absolute Gasteiger partial charge is 0.338 e. The van der Waals surface area contributed by atoms with Gasteiger partial charge < -0.3 is 9.80 Å². The van der Waals surface area contributed by atoms with Gasteiger partial charge >= 0.3 is 0 Å². The number of hydrogen-bond donors (Lipinski definition) is 0. The van der Waals surface area contributed by atoms with Gasteiger partial charge in [-0.25, -0.2) is 0 Å². The van der Waals surface area contributed by atoms with Crippen molar-refractivity contribution in [3.8, 4) is 0 Å². The molecule has 4 atom stereocenters. The summed E-state index contributed by atoms with van der Waals surface area (Å²) < 4.78 is 0. The summed E-state index contributed by atoms with van der Waals surface area (Å²) in [6.07, 6.45) is 3.18. The Balaban J connectivity index is 1.53. The Morgan fingerprint density at radius 2 is 2.11 bits per heavy atom. The molecule has 4 heteroatoms. The highest BCUT2D eigenvalue weighted by molar-refractivity contribution is 7.07. The summed E-state index contributed by atoms with van der Waals surface area (Å²) in [6, 6.07) is 2.56. The summed E-state index contributed by atoms with van der Waals surface area (Å²) in [5.74, 6) is 1.91. The third-order valence-corrected chi connectivity index (χ3v) is 5.66. The van der Waals surface area contributed by atoms with E-state index in [-0.39, 0.29) is 0 Å². The van der Waals surface area contributed by atoms with Crippen LogP contribution in [-0.2, 0) is 11.2 Å². The highest BCUT2D eigenvalue weighted by atomic mass is 32.1. The van der Waals surface area contributed by atoms with Crippen molar-refractivity contribution < 1.29 is 4.79 Å². The van der Waals surface area contributed by atoms with Crippen LogP contribution in [0.25, 0.3) is 0 Å². The highest BCUT2D eigenvalue weighted by Gasteiger charge is 2.42. The molecule has 1 aromatic heterocycles. The first-order valence-corrected chi connectivity index (χ1v) is 8.25. The molecule has 5 heterocycles. The minimum atomic E-state index is 0.345. The van der Waals surface area contributed by atoms with Crippen LogP contribution in [0, 0.1) is 11.8 Å². The molecule has 3 nitrogen and oxygen atoms in total. The molecule has 4 saturated heterocycles. The molecule has 102 valence electrons. The van der Waals surface area contributed by atoms with E-state index in [1.165, 1.54) is 31.5 Å². The summed E-state index contributed by atoms with van der Waals surface area (Å²) in [7, 11) is 0. The molecule has 0 aromatic carbocycles. The van der Waals surface area contributed by atoms with Gasteiger partial charge in [-0.15, -0.1) is 0 Å². The molecule has 5 rings (SSSR count). The third-order valence-electron chi connectivity index (χ3n) is 4.93. The molecule has 0 N–H and O–H groups in total. The van der Waals surface area contributed by atoms with E-state index < -0.39 is 0 Å². The van der Waals surface area contributed by atoms with Crippen molar-refractivity contribution in [2.45, 2.75) is 25.3 Å². The smallest absolute Gasteiger partial charge is 0.227 e. The van der Waals surface area contributed by atoms with Crippen LogP contribution in [0.15, 0.2) is 16.8 Å². The van der Waals surface area contributed by atoms with E-state index in [0.717, 1.165) is 24.9 Å². The number of amides is 1. The van der Waals surface area contributed by atoms with Crippen LogP contribution in [0.5, 0.6) is 0 Å². The van der Waals surface area contributed by atoms with Crippen molar-refractivity contribution in [3.05, 3.63) is 22.4 Å². The van der Waals surface area contributed by atoms with Gasteiger partial charge in [0.2, 0.25) is 5.91 Å². The molecule has 4 unspecified atom stereocenters. The third kappa shape index (κ3) is 2.21. The SMILES string of the molecule is O=C(Cc1ccsc1)N1CC2CC3CC1CN(C3)C2. The summed E-state index contributed by atoms with van der Waals surface area (Å²) in [4.78, 5) is 17.4. The topological polar surface area (TPSA) is 23.6 Å². The second-order valence-electron chi connectivity index (χ2n) is 6.43. The van der Waals surface area contributed by atoms with E-state index >= 15 is 0 Å². The van der Waals surface area contributed by atoms with E-state index in [2.05, 4.69) is 26.6 Å². The number of hydrogen-bond acceptors (Lipinski definition) is 3. The van der Waals surface area contributed by atoms with Gasteiger partial charge in [0.1, 0.15) is 0 Å². The van der Waals surface area contributed by atoms with Crippen molar-refractivity contribution in [1.82, 2.24) is 9.80 Å². The normalized spacial score (nSPS) is 36.5. The van der Waals surface area contributed by atoms with Crippen molar-refractivity contribution in [1.29, 1.82) is 0 Å². The highest BCUT2D eigenvalue weighted by Crippen LogP contribution is 2.36. The van der Waals surface area contributed by atoms with Crippen LogP contribution in [0.2, 0.25) is 0 Å². The molecule has 4 aliphatic rings. The standard InChI is InChI=1S/C15H20N2OS/c18-15(5-11-1-2-19-10-11)17-8-13-3-12-4-14(17)9-16(6-12)7-13/h1-2,10,12-14H,3-9H2. The van der Waals surface area contributed by atoms with Gasteiger partial charge in [-0.3, -0.25) is 4.79 Å². The predicted molar refractivity (Wildman–Crippen MR) is 76.2 cm³/mol. The predicted octanol–water partition coefficient (Wildman–Crippen LogP) is 1.84. The lowest BCUT2D eigenvalue weighted by molar-refractivity contribution is -0.133. The fraction of sp³-hybridized carbons (Fsp3) is 0.667. The van der Waals surface area contributed by atoms with Gasteiger partial charge in [-0.1, -0.05) is 0 Å². The molecule has 1 aromatic rings. The van der Waals surface area contributed by atoms with E-state index in [1.807, 2.05) is 0 Å². The minimum absolute atomic E-state index is 0.345. The van der Waals surface area contributed by atoms with Gasteiger partial charge in [0.05, 0.1) is 6.42 Å². The van der Waals surface area contributed by atoms with Crippen LogP contribution >= 0.6 is 11.3 Å². The number of rotatable bonds is 2. The average Bonchev–Trinajstić information content (AvgIpc) is 2.79. The fourth-order valence-electron chi connectivity index (χ4n) is 4.26. The van der Waals surface area contributed by atoms with E-state index in [4.69, 9.17) is 0 Å². The maximum Gasteiger partial charge on any atom is 0.227 e. The zero-order valence-corrected chi connectivity index (χ0v) is 11.9. The van der Waals surface area contributed by atoms with Gasteiger partial charge in [0, 0.05) is 32.2 Å². The zero-order chi connectivity index (χ0) is 12.8.